The lowest BCUT2D eigenvalue weighted by Gasteiger charge is -2.09. The van der Waals surface area contributed by atoms with E-state index in [1.807, 2.05) is 0 Å². The van der Waals surface area contributed by atoms with Crippen molar-refractivity contribution in [1.82, 2.24) is 0 Å². The first kappa shape index (κ1) is 15.8. The minimum absolute atomic E-state index is 0.464. The Kier molecular flexibility index (Phi) is 3.75. The lowest BCUT2D eigenvalue weighted by Crippen LogP contribution is -2.30. The van der Waals surface area contributed by atoms with Crippen LogP contribution in [-0.2, 0) is 19.7 Å². The quantitative estimate of drug-likeness (QED) is 0.862. The highest BCUT2D eigenvalue weighted by Crippen LogP contribution is 2.28. The van der Waals surface area contributed by atoms with Crippen molar-refractivity contribution in [1.29, 1.82) is 0 Å². The van der Waals surface area contributed by atoms with Crippen molar-refractivity contribution in [2.24, 2.45) is 0 Å². The highest BCUT2D eigenvalue weighted by atomic mass is 32.3. The van der Waals surface area contributed by atoms with Crippen LogP contribution in [0, 0.1) is 0 Å². The van der Waals surface area contributed by atoms with Crippen LogP contribution in [0.5, 0.6) is 0 Å². The van der Waals surface area contributed by atoms with E-state index in [4.69, 9.17) is 0 Å². The average molecular weight is 338 g/mol. The highest BCUT2D eigenvalue weighted by Gasteiger charge is 2.48. The Balaban J connectivity index is 2.48. The maximum atomic E-state index is 12.3. The van der Waals surface area contributed by atoms with Crippen LogP contribution >= 0.6 is 0 Å². The first-order valence-corrected chi connectivity index (χ1v) is 8.84. The van der Waals surface area contributed by atoms with E-state index >= 15 is 0 Å². The van der Waals surface area contributed by atoms with Gasteiger partial charge in [0, 0.05) is 0 Å². The Morgan fingerprint density at radius 3 is 2.00 bits per heavy atom. The molecule has 114 valence electrons. The lowest BCUT2D eigenvalue weighted by molar-refractivity contribution is -0.0431. The minimum Gasteiger partial charge on any atom is -0.223 e. The number of sulfone groups is 2. The van der Waals surface area contributed by atoms with Gasteiger partial charge in [-0.05, 0) is 22.9 Å². The molecule has 0 aliphatic carbocycles. The van der Waals surface area contributed by atoms with Crippen LogP contribution in [-0.4, -0.2) is 27.4 Å². The van der Waals surface area contributed by atoms with Crippen molar-refractivity contribution in [2.75, 3.05) is 5.08 Å². The molecule has 0 saturated carbocycles. The third kappa shape index (κ3) is 3.18. The number of fused-ring (bicyclic) bond motifs is 1. The molecule has 0 amide bonds. The molecule has 0 fully saturated rings. The van der Waals surface area contributed by atoms with Crippen LogP contribution in [0.25, 0.3) is 10.8 Å². The summed E-state index contributed by atoms with van der Waals surface area (Å²) in [4.78, 5) is -0.464. The Morgan fingerprint density at radius 2 is 1.43 bits per heavy atom. The van der Waals surface area contributed by atoms with Gasteiger partial charge in [0.1, 0.15) is 0 Å². The zero-order chi connectivity index (χ0) is 15.9. The van der Waals surface area contributed by atoms with Gasteiger partial charge in [-0.3, -0.25) is 0 Å². The van der Waals surface area contributed by atoms with Crippen LogP contribution in [0.1, 0.15) is 0 Å². The van der Waals surface area contributed by atoms with Gasteiger partial charge in [0.15, 0.2) is 14.9 Å². The zero-order valence-corrected chi connectivity index (χ0v) is 12.0. The van der Waals surface area contributed by atoms with Gasteiger partial charge >= 0.3 is 5.51 Å². The molecule has 2 aromatic carbocycles. The van der Waals surface area contributed by atoms with Crippen LogP contribution in [0.15, 0.2) is 47.4 Å². The summed E-state index contributed by atoms with van der Waals surface area (Å²) < 4.78 is 82.6. The first-order valence-electron chi connectivity index (χ1n) is 5.53. The molecule has 0 bridgehead atoms. The van der Waals surface area contributed by atoms with Gasteiger partial charge in [-0.2, -0.15) is 13.2 Å². The van der Waals surface area contributed by atoms with Crippen LogP contribution in [0.2, 0.25) is 0 Å². The summed E-state index contributed by atoms with van der Waals surface area (Å²) in [7, 11) is -10.3. The summed E-state index contributed by atoms with van der Waals surface area (Å²) in [6, 6.07) is 10.3. The Bertz CT molecular complexity index is 884. The Morgan fingerprint density at radius 1 is 0.857 bits per heavy atom. The molecular formula is C12H9F3O4S2. The van der Waals surface area contributed by atoms with E-state index in [-0.39, 0.29) is 0 Å². The number of rotatable bonds is 3. The molecule has 0 N–H and O–H groups in total. The van der Waals surface area contributed by atoms with E-state index in [9.17, 15) is 30.0 Å². The van der Waals surface area contributed by atoms with Gasteiger partial charge in [0.2, 0.25) is 0 Å². The first-order chi connectivity index (χ1) is 9.53. The lowest BCUT2D eigenvalue weighted by atomic mass is 10.1. The molecule has 0 radical (unpaired) electrons. The number of benzene rings is 2. The number of halogens is 3. The summed E-state index contributed by atoms with van der Waals surface area (Å²) in [5.41, 5.74) is -5.60. The smallest absolute Gasteiger partial charge is 0.223 e. The topological polar surface area (TPSA) is 68.3 Å². The largest absolute Gasteiger partial charge is 0.498 e. The predicted octanol–water partition coefficient (Wildman–Crippen LogP) is 2.51. The van der Waals surface area contributed by atoms with Crippen LogP contribution < -0.4 is 0 Å². The summed E-state index contributed by atoms with van der Waals surface area (Å²) in [5, 5.41) is -0.819. The molecule has 0 spiro atoms. The molecule has 4 nitrogen and oxygen atoms in total. The fourth-order valence-electron chi connectivity index (χ4n) is 1.70. The van der Waals surface area contributed by atoms with Gasteiger partial charge < -0.3 is 0 Å². The standard InChI is InChI=1S/C12H9F3O4S2/c13-12(14,15)21(18,19)8-20(16,17)11-6-5-9-3-1-2-4-10(9)7-11/h1-7H,8H2. The van der Waals surface area contributed by atoms with Crippen LogP contribution in [0.3, 0.4) is 0 Å². The van der Waals surface area contributed by atoms with Gasteiger partial charge in [-0.15, -0.1) is 0 Å². The van der Waals surface area contributed by atoms with E-state index < -0.39 is 35.2 Å². The maximum Gasteiger partial charge on any atom is 0.498 e. The average Bonchev–Trinajstić information content (AvgIpc) is 2.35. The fraction of sp³-hybridized carbons (Fsp3) is 0.167. The third-order valence-corrected chi connectivity index (χ3v) is 6.90. The summed E-state index contributed by atoms with van der Waals surface area (Å²) >= 11 is 0. The number of hydrogen-bond acceptors (Lipinski definition) is 4. The van der Waals surface area contributed by atoms with Crippen molar-refractivity contribution >= 4 is 30.4 Å². The second-order valence-corrected chi connectivity index (χ2v) is 8.64. The molecule has 0 aromatic heterocycles. The van der Waals surface area contributed by atoms with E-state index in [2.05, 4.69) is 0 Å². The SMILES string of the molecule is O=S(=O)(CS(=O)(=O)C(F)(F)F)c1ccc2ccccc2c1. The van der Waals surface area contributed by atoms with Crippen molar-refractivity contribution in [3.05, 3.63) is 42.5 Å². The van der Waals surface area contributed by atoms with Crippen molar-refractivity contribution < 1.29 is 30.0 Å². The highest BCUT2D eigenvalue weighted by molar-refractivity contribution is 8.08. The van der Waals surface area contributed by atoms with Gasteiger partial charge in [-0.25, -0.2) is 16.8 Å². The van der Waals surface area contributed by atoms with Crippen molar-refractivity contribution in [3.63, 3.8) is 0 Å². The fourth-order valence-corrected chi connectivity index (χ4v) is 4.99. The molecule has 0 saturated heterocycles. The zero-order valence-electron chi connectivity index (χ0n) is 10.3. The maximum absolute atomic E-state index is 12.3. The van der Waals surface area contributed by atoms with Gasteiger partial charge in [0.05, 0.1) is 4.90 Å². The predicted molar refractivity (Wildman–Crippen MR) is 71.0 cm³/mol. The molecule has 0 unspecified atom stereocenters. The third-order valence-electron chi connectivity index (χ3n) is 2.74. The van der Waals surface area contributed by atoms with E-state index in [1.54, 1.807) is 24.3 Å². The molecule has 2 aromatic rings. The van der Waals surface area contributed by atoms with E-state index in [1.165, 1.54) is 6.07 Å². The molecule has 0 heterocycles. The second kappa shape index (κ2) is 4.99. The van der Waals surface area contributed by atoms with Crippen LogP contribution in [0.4, 0.5) is 13.2 Å². The molecule has 21 heavy (non-hydrogen) atoms. The number of alkyl halides is 3. The van der Waals surface area contributed by atoms with Crippen molar-refractivity contribution in [3.8, 4) is 0 Å². The Hall–Kier alpha value is -1.61. The molecule has 0 atom stereocenters. The van der Waals surface area contributed by atoms with Gasteiger partial charge in [0.25, 0.3) is 9.84 Å². The second-order valence-electron chi connectivity index (χ2n) is 4.30. The monoisotopic (exact) mass is 338 g/mol. The normalized spacial score (nSPS) is 13.5. The molecule has 0 aliphatic heterocycles. The molecule has 9 heteroatoms. The number of hydrogen-bond donors (Lipinski definition) is 0. The molecule has 0 aliphatic rings. The summed E-state index contributed by atoms with van der Waals surface area (Å²) in [6.45, 7) is 0. The van der Waals surface area contributed by atoms with Gasteiger partial charge in [-0.1, -0.05) is 30.3 Å². The van der Waals surface area contributed by atoms with E-state index in [0.717, 1.165) is 12.1 Å². The Labute approximate surface area is 119 Å². The molecular weight excluding hydrogens is 329 g/mol. The molecule has 2 rings (SSSR count). The summed E-state index contributed by atoms with van der Waals surface area (Å²) in [6.07, 6.45) is 0. The minimum atomic E-state index is -5.74. The summed E-state index contributed by atoms with van der Waals surface area (Å²) in [5.74, 6) is 0. The van der Waals surface area contributed by atoms with E-state index in [0.29, 0.717) is 10.8 Å². The van der Waals surface area contributed by atoms with Crippen molar-refractivity contribution in [2.45, 2.75) is 10.4 Å².